The molecule has 0 saturated heterocycles. The van der Waals surface area contributed by atoms with Gasteiger partial charge in [0.1, 0.15) is 6.29 Å². The van der Waals surface area contributed by atoms with E-state index in [1.165, 1.54) is 5.56 Å². The lowest BCUT2D eigenvalue weighted by Gasteiger charge is -2.09. The van der Waals surface area contributed by atoms with Gasteiger partial charge in [0.2, 0.25) is 0 Å². The predicted octanol–water partition coefficient (Wildman–Crippen LogP) is 3.13. The van der Waals surface area contributed by atoms with E-state index in [9.17, 15) is 4.79 Å². The minimum absolute atomic E-state index is 0.374. The van der Waals surface area contributed by atoms with Gasteiger partial charge < -0.3 is 4.79 Å². The van der Waals surface area contributed by atoms with Crippen LogP contribution in [0.2, 0.25) is 0 Å². The number of thioether (sulfide) groups is 1. The zero-order valence-electron chi connectivity index (χ0n) is 7.03. The number of carbonyl (C=O) groups is 1. The average Bonchev–Trinajstić information content (AvgIpc) is 2.56. The summed E-state index contributed by atoms with van der Waals surface area (Å²) in [5.41, 5.74) is 1.29. The number of carbonyl (C=O) groups excluding carboxylic acids is 1. The van der Waals surface area contributed by atoms with E-state index in [4.69, 9.17) is 0 Å². The summed E-state index contributed by atoms with van der Waals surface area (Å²) in [5, 5.41) is 4.55. The van der Waals surface area contributed by atoms with Crippen molar-refractivity contribution in [3.63, 3.8) is 0 Å². The summed E-state index contributed by atoms with van der Waals surface area (Å²) in [6, 6.07) is 2.10. The number of hydrogen-bond donors (Lipinski definition) is 0. The monoisotopic (exact) mass is 200 g/mol. The molecule has 0 radical (unpaired) electrons. The molecule has 0 amide bonds. The Kier molecular flexibility index (Phi) is 4.40. The topological polar surface area (TPSA) is 17.1 Å². The fourth-order valence-electron chi connectivity index (χ4n) is 1.05. The Labute approximate surface area is 81.2 Å². The third-order valence-electron chi connectivity index (χ3n) is 1.59. The van der Waals surface area contributed by atoms with Crippen LogP contribution in [0.25, 0.3) is 0 Å². The van der Waals surface area contributed by atoms with Crippen molar-refractivity contribution in [3.05, 3.63) is 22.4 Å². The van der Waals surface area contributed by atoms with Gasteiger partial charge in [0.25, 0.3) is 0 Å². The van der Waals surface area contributed by atoms with Crippen molar-refractivity contribution in [2.45, 2.75) is 18.6 Å². The smallest absolute Gasteiger partial charge is 0.121 e. The highest BCUT2D eigenvalue weighted by molar-refractivity contribution is 7.99. The van der Waals surface area contributed by atoms with E-state index in [-0.39, 0.29) is 0 Å². The Hall–Kier alpha value is -0.280. The second kappa shape index (κ2) is 5.38. The molecule has 12 heavy (non-hydrogen) atoms. The maximum absolute atomic E-state index is 10.4. The fourth-order valence-corrected chi connectivity index (χ4v) is 2.80. The molecule has 0 saturated carbocycles. The lowest BCUT2D eigenvalue weighted by atomic mass is 10.2. The second-order valence-corrected chi connectivity index (χ2v) is 4.66. The molecule has 1 heterocycles. The van der Waals surface area contributed by atoms with Crippen LogP contribution in [0.15, 0.2) is 16.8 Å². The van der Waals surface area contributed by atoms with Crippen LogP contribution >= 0.6 is 23.1 Å². The standard InChI is InChI=1S/C9H12OS2/c1-2-12-9(3-5-10)8-4-6-11-7-8/h4-7,9H,2-3H2,1H3. The molecule has 0 spiro atoms. The first-order valence-corrected chi connectivity index (χ1v) is 5.95. The van der Waals surface area contributed by atoms with E-state index in [1.54, 1.807) is 11.3 Å². The van der Waals surface area contributed by atoms with E-state index in [0.717, 1.165) is 12.0 Å². The molecule has 0 aliphatic carbocycles. The number of thiophene rings is 1. The maximum Gasteiger partial charge on any atom is 0.121 e. The van der Waals surface area contributed by atoms with Gasteiger partial charge >= 0.3 is 0 Å². The third kappa shape index (κ3) is 2.64. The highest BCUT2D eigenvalue weighted by Crippen LogP contribution is 2.32. The van der Waals surface area contributed by atoms with Gasteiger partial charge in [-0.15, -0.1) is 0 Å². The van der Waals surface area contributed by atoms with Crippen LogP contribution in [0.4, 0.5) is 0 Å². The summed E-state index contributed by atoms with van der Waals surface area (Å²) < 4.78 is 0. The lowest BCUT2D eigenvalue weighted by Crippen LogP contribution is -1.93. The van der Waals surface area contributed by atoms with Crippen molar-refractivity contribution < 1.29 is 4.79 Å². The van der Waals surface area contributed by atoms with Crippen LogP contribution in [0.5, 0.6) is 0 Å². The zero-order valence-corrected chi connectivity index (χ0v) is 8.66. The van der Waals surface area contributed by atoms with E-state index < -0.39 is 0 Å². The molecule has 1 nitrogen and oxygen atoms in total. The summed E-state index contributed by atoms with van der Waals surface area (Å²) in [6.07, 6.45) is 1.64. The molecule has 1 aromatic heterocycles. The molecule has 0 fully saturated rings. The highest BCUT2D eigenvalue weighted by Gasteiger charge is 2.10. The van der Waals surface area contributed by atoms with Crippen LogP contribution in [0.3, 0.4) is 0 Å². The molecule has 1 atom stereocenters. The van der Waals surface area contributed by atoms with E-state index in [0.29, 0.717) is 11.7 Å². The Balaban J connectivity index is 2.59. The van der Waals surface area contributed by atoms with E-state index in [2.05, 4.69) is 23.8 Å². The molecule has 3 heteroatoms. The Morgan fingerprint density at radius 3 is 3.08 bits per heavy atom. The molecule has 1 unspecified atom stereocenters. The molecule has 66 valence electrons. The molecule has 0 bridgehead atoms. The van der Waals surface area contributed by atoms with Gasteiger partial charge in [-0.3, -0.25) is 0 Å². The Morgan fingerprint density at radius 1 is 1.75 bits per heavy atom. The summed E-state index contributed by atoms with van der Waals surface area (Å²) in [4.78, 5) is 10.4. The third-order valence-corrected chi connectivity index (χ3v) is 3.49. The van der Waals surface area contributed by atoms with Gasteiger partial charge in [0.05, 0.1) is 0 Å². The van der Waals surface area contributed by atoms with Crippen molar-refractivity contribution in [1.82, 2.24) is 0 Å². The predicted molar refractivity (Wildman–Crippen MR) is 55.9 cm³/mol. The minimum atomic E-state index is 0.374. The first kappa shape index (κ1) is 9.81. The quantitative estimate of drug-likeness (QED) is 0.679. The second-order valence-electron chi connectivity index (χ2n) is 2.40. The molecule has 0 aliphatic rings. The summed E-state index contributed by atoms with van der Waals surface area (Å²) in [5.74, 6) is 1.06. The van der Waals surface area contributed by atoms with Crippen LogP contribution in [0, 0.1) is 0 Å². The summed E-state index contributed by atoms with van der Waals surface area (Å²) in [6.45, 7) is 2.12. The van der Waals surface area contributed by atoms with Crippen molar-refractivity contribution in [2.75, 3.05) is 5.75 Å². The van der Waals surface area contributed by atoms with Crippen molar-refractivity contribution in [2.24, 2.45) is 0 Å². The highest BCUT2D eigenvalue weighted by atomic mass is 32.2. The van der Waals surface area contributed by atoms with Crippen LogP contribution in [-0.4, -0.2) is 12.0 Å². The molecule has 1 rings (SSSR count). The molecule has 0 N–H and O–H groups in total. The first-order chi connectivity index (χ1) is 5.88. The molecular weight excluding hydrogens is 188 g/mol. The van der Waals surface area contributed by atoms with Crippen molar-refractivity contribution >= 4 is 29.4 Å². The summed E-state index contributed by atoms with van der Waals surface area (Å²) in [7, 11) is 0. The van der Waals surface area contributed by atoms with Gasteiger partial charge in [0.15, 0.2) is 0 Å². The summed E-state index contributed by atoms with van der Waals surface area (Å²) >= 11 is 3.52. The zero-order chi connectivity index (χ0) is 8.81. The Bertz CT molecular complexity index is 218. The van der Waals surface area contributed by atoms with Crippen molar-refractivity contribution in [3.8, 4) is 0 Å². The largest absolute Gasteiger partial charge is 0.303 e. The number of rotatable bonds is 5. The van der Waals surface area contributed by atoms with Crippen molar-refractivity contribution in [1.29, 1.82) is 0 Å². The molecule has 0 aromatic carbocycles. The number of aldehydes is 1. The minimum Gasteiger partial charge on any atom is -0.303 e. The van der Waals surface area contributed by atoms with Crippen LogP contribution < -0.4 is 0 Å². The van der Waals surface area contributed by atoms with Gasteiger partial charge in [-0.2, -0.15) is 23.1 Å². The normalized spacial score (nSPS) is 12.8. The Morgan fingerprint density at radius 2 is 2.58 bits per heavy atom. The fraction of sp³-hybridized carbons (Fsp3) is 0.444. The van der Waals surface area contributed by atoms with Gasteiger partial charge in [0, 0.05) is 11.7 Å². The lowest BCUT2D eigenvalue weighted by molar-refractivity contribution is -0.107. The number of hydrogen-bond acceptors (Lipinski definition) is 3. The van der Waals surface area contributed by atoms with Gasteiger partial charge in [-0.25, -0.2) is 0 Å². The van der Waals surface area contributed by atoms with Gasteiger partial charge in [-0.1, -0.05) is 6.92 Å². The van der Waals surface area contributed by atoms with Gasteiger partial charge in [-0.05, 0) is 28.1 Å². The van der Waals surface area contributed by atoms with Crippen LogP contribution in [-0.2, 0) is 4.79 Å². The molecular formula is C9H12OS2. The molecule has 0 aliphatic heterocycles. The SMILES string of the molecule is CCSC(CC=O)c1ccsc1. The average molecular weight is 200 g/mol. The van der Waals surface area contributed by atoms with E-state index in [1.807, 2.05) is 11.8 Å². The molecule has 1 aromatic rings. The maximum atomic E-state index is 10.4. The van der Waals surface area contributed by atoms with Crippen LogP contribution in [0.1, 0.15) is 24.2 Å². The first-order valence-electron chi connectivity index (χ1n) is 3.95. The van der Waals surface area contributed by atoms with E-state index >= 15 is 0 Å².